The lowest BCUT2D eigenvalue weighted by atomic mass is 9.92. The molecule has 5 amide bonds. The average Bonchev–Trinajstić information content (AvgIpc) is 3.93. The molecule has 3 heterocycles. The molecule has 2 atom stereocenters. The van der Waals surface area contributed by atoms with Gasteiger partial charge in [0.1, 0.15) is 5.78 Å². The summed E-state index contributed by atoms with van der Waals surface area (Å²) in [5.74, 6) is -1.63. The Morgan fingerprint density at radius 3 is 2.18 bits per heavy atom. The highest BCUT2D eigenvalue weighted by Gasteiger charge is 2.46. The summed E-state index contributed by atoms with van der Waals surface area (Å²) < 4.78 is 16.9. The molecular formula is C50H61N7O10S. The van der Waals surface area contributed by atoms with Crippen molar-refractivity contribution in [2.24, 2.45) is 0 Å². The molecule has 7 rings (SSSR count). The lowest BCUT2D eigenvalue weighted by molar-refractivity contribution is -0.132. The molecular weight excluding hydrogens is 891 g/mol. The summed E-state index contributed by atoms with van der Waals surface area (Å²) in [4.78, 5) is 95.3. The fraction of sp³-hybridized carbons (Fsp3) is 0.440. The largest absolute Gasteiger partial charge is 0.379 e. The number of hydrogen-bond acceptors (Lipinski definition) is 12. The first kappa shape index (κ1) is 51.3. The van der Waals surface area contributed by atoms with Crippen LogP contribution >= 0.6 is 13.5 Å². The number of carbonyl (C=O) groups excluding carboxylic acids is 7. The van der Waals surface area contributed by atoms with Gasteiger partial charge in [-0.2, -0.15) is 18.6 Å². The molecule has 1 saturated carbocycles. The fourth-order valence-corrected chi connectivity index (χ4v) is 8.83. The number of fused-ring (bicyclic) bond motifs is 2. The molecule has 1 unspecified atom stereocenters. The Kier molecular flexibility index (Phi) is 17.6. The summed E-state index contributed by atoms with van der Waals surface area (Å²) in [6, 6.07) is 20.1. The van der Waals surface area contributed by atoms with Gasteiger partial charge in [-0.25, -0.2) is 4.79 Å². The smallest absolute Gasteiger partial charge is 0.319 e. The molecule has 0 radical (unpaired) electrons. The van der Waals surface area contributed by atoms with Gasteiger partial charge < -0.3 is 34.6 Å². The number of nitrogens with one attached hydrogen (secondary N) is 3. The van der Waals surface area contributed by atoms with E-state index >= 15 is 0 Å². The Balaban J connectivity index is 0.00000761. The quantitative estimate of drug-likeness (QED) is 0.0371. The van der Waals surface area contributed by atoms with Crippen molar-refractivity contribution in [3.8, 4) is 0 Å². The summed E-state index contributed by atoms with van der Waals surface area (Å²) in [7, 11) is 3.93. The number of nitrogens with zero attached hydrogens (tertiary/aromatic N) is 4. The topological polar surface area (TPSA) is 210 Å². The van der Waals surface area contributed by atoms with E-state index in [-0.39, 0.29) is 86.6 Å². The minimum Gasteiger partial charge on any atom is -0.379 e. The van der Waals surface area contributed by atoms with E-state index < -0.39 is 23.4 Å². The Hall–Kier alpha value is -6.05. The van der Waals surface area contributed by atoms with Gasteiger partial charge in [0.2, 0.25) is 0 Å². The zero-order valence-electron chi connectivity index (χ0n) is 39.1. The number of hydrogen-bond donors (Lipinski definition) is 3. The van der Waals surface area contributed by atoms with Crippen LogP contribution in [-0.2, 0) is 42.3 Å². The van der Waals surface area contributed by atoms with Crippen molar-refractivity contribution >= 4 is 60.4 Å². The molecule has 0 saturated heterocycles. The number of rotatable bonds is 22. The molecule has 3 aliphatic rings. The summed E-state index contributed by atoms with van der Waals surface area (Å²) in [6.07, 6.45) is 2.01. The predicted molar refractivity (Wildman–Crippen MR) is 257 cm³/mol. The number of Topliss-reactive ketones (excluding diaryl/α,β-unsaturated/α-hetero) is 3. The maximum Gasteiger partial charge on any atom is 0.319 e. The molecule has 3 aromatic carbocycles. The van der Waals surface area contributed by atoms with E-state index in [0.29, 0.717) is 88.0 Å². The molecule has 362 valence electrons. The highest BCUT2D eigenvalue weighted by molar-refractivity contribution is 7.59. The maximum absolute atomic E-state index is 13.7. The molecule has 0 bridgehead atoms. The van der Waals surface area contributed by atoms with Crippen LogP contribution in [0.15, 0.2) is 72.8 Å². The zero-order chi connectivity index (χ0) is 47.7. The highest BCUT2D eigenvalue weighted by Crippen LogP contribution is 2.41. The van der Waals surface area contributed by atoms with Crippen molar-refractivity contribution in [2.45, 2.75) is 83.0 Å². The number of ether oxygens (including phenoxy) is 3. The molecule has 18 heteroatoms. The van der Waals surface area contributed by atoms with E-state index in [1.807, 2.05) is 63.2 Å². The number of amides is 5. The molecule has 1 aliphatic carbocycles. The van der Waals surface area contributed by atoms with Crippen LogP contribution < -0.4 is 10.6 Å². The van der Waals surface area contributed by atoms with Gasteiger partial charge in [0, 0.05) is 49.3 Å². The Labute approximate surface area is 403 Å². The van der Waals surface area contributed by atoms with Crippen molar-refractivity contribution in [1.82, 2.24) is 30.2 Å². The Morgan fingerprint density at radius 2 is 1.50 bits per heavy atom. The minimum atomic E-state index is -0.896. The van der Waals surface area contributed by atoms with Crippen molar-refractivity contribution in [2.75, 3.05) is 65.6 Å². The number of aromatic amines is 1. The summed E-state index contributed by atoms with van der Waals surface area (Å²) >= 11 is 0. The first-order valence-corrected chi connectivity index (χ1v) is 22.8. The van der Waals surface area contributed by atoms with Crippen LogP contribution in [-0.4, -0.2) is 132 Å². The van der Waals surface area contributed by atoms with Crippen LogP contribution in [0.1, 0.15) is 122 Å². The van der Waals surface area contributed by atoms with E-state index in [1.54, 1.807) is 47.4 Å². The molecule has 17 nitrogen and oxygen atoms in total. The van der Waals surface area contributed by atoms with Gasteiger partial charge in [-0.1, -0.05) is 54.6 Å². The summed E-state index contributed by atoms with van der Waals surface area (Å²) in [5.41, 5.74) is 3.95. The van der Waals surface area contributed by atoms with E-state index in [9.17, 15) is 33.6 Å². The lowest BCUT2D eigenvalue weighted by Crippen LogP contribution is -2.48. The number of carbonyl (C=O) groups is 7. The van der Waals surface area contributed by atoms with Crippen LogP contribution in [0.4, 0.5) is 10.6 Å². The SMILES string of the molecule is CN(C)C[C@@H](NC(=O)N1Cc2c(NC(=O)c3ccc(C(=O)CCCOCCOCCOCCCc4cccc5c4C(=O)N(C4CCC(=O)CC4=O)C5=O)cc3)n[nH]c2C1(C)C)c1ccccc1.S. The average molecular weight is 952 g/mol. The van der Waals surface area contributed by atoms with E-state index in [0.717, 1.165) is 27.3 Å². The van der Waals surface area contributed by atoms with Crippen molar-refractivity contribution in [1.29, 1.82) is 0 Å². The van der Waals surface area contributed by atoms with Crippen LogP contribution in [0.25, 0.3) is 0 Å². The fourth-order valence-electron chi connectivity index (χ4n) is 8.83. The minimum absolute atomic E-state index is 0. The number of benzene rings is 3. The summed E-state index contributed by atoms with van der Waals surface area (Å²) in [5, 5.41) is 13.5. The monoisotopic (exact) mass is 951 g/mol. The van der Waals surface area contributed by atoms with Gasteiger partial charge >= 0.3 is 6.03 Å². The Morgan fingerprint density at radius 1 is 0.838 bits per heavy atom. The van der Waals surface area contributed by atoms with Gasteiger partial charge in [0.25, 0.3) is 17.7 Å². The number of anilines is 1. The van der Waals surface area contributed by atoms with Crippen molar-refractivity contribution < 1.29 is 47.8 Å². The number of aryl methyl sites for hydroxylation is 1. The molecule has 0 spiro atoms. The van der Waals surface area contributed by atoms with Crippen LogP contribution in [0.2, 0.25) is 0 Å². The molecule has 4 aromatic rings. The van der Waals surface area contributed by atoms with Gasteiger partial charge in [0.05, 0.1) is 73.8 Å². The third kappa shape index (κ3) is 12.0. The predicted octanol–water partition coefficient (Wildman–Crippen LogP) is 5.77. The molecule has 2 aliphatic heterocycles. The lowest BCUT2D eigenvalue weighted by Gasteiger charge is -2.34. The number of likely N-dealkylation sites (N-methyl/N-ethyl adjacent to an activating group) is 1. The number of urea groups is 1. The Bertz CT molecular complexity index is 2480. The van der Waals surface area contributed by atoms with Gasteiger partial charge in [-0.3, -0.25) is 38.8 Å². The number of aromatic nitrogens is 2. The van der Waals surface area contributed by atoms with Crippen molar-refractivity contribution in [3.05, 3.63) is 117 Å². The molecule has 68 heavy (non-hydrogen) atoms. The van der Waals surface area contributed by atoms with Gasteiger partial charge in [-0.15, -0.1) is 0 Å². The second-order valence-electron chi connectivity index (χ2n) is 17.8. The normalized spacial score (nSPS) is 16.7. The first-order valence-electron chi connectivity index (χ1n) is 22.8. The molecule has 3 N–H and O–H groups in total. The third-order valence-corrected chi connectivity index (χ3v) is 12.4. The van der Waals surface area contributed by atoms with Gasteiger partial charge in [-0.05, 0) is 83.0 Å². The van der Waals surface area contributed by atoms with Crippen LogP contribution in [0.5, 0.6) is 0 Å². The van der Waals surface area contributed by atoms with Crippen molar-refractivity contribution in [3.63, 3.8) is 0 Å². The third-order valence-electron chi connectivity index (χ3n) is 12.4. The summed E-state index contributed by atoms with van der Waals surface area (Å²) in [6.45, 7) is 7.00. The second kappa shape index (κ2) is 23.3. The van der Waals surface area contributed by atoms with Gasteiger partial charge in [0.15, 0.2) is 17.4 Å². The number of imide groups is 1. The first-order chi connectivity index (χ1) is 32.2. The van der Waals surface area contributed by atoms with E-state index in [4.69, 9.17) is 14.2 Å². The second-order valence-corrected chi connectivity index (χ2v) is 17.8. The van der Waals surface area contributed by atoms with E-state index in [1.165, 1.54) is 0 Å². The number of H-pyrrole nitrogens is 1. The van der Waals surface area contributed by atoms with Crippen LogP contribution in [0.3, 0.4) is 0 Å². The van der Waals surface area contributed by atoms with Crippen LogP contribution in [0, 0.1) is 0 Å². The highest BCUT2D eigenvalue weighted by atomic mass is 32.1. The zero-order valence-corrected chi connectivity index (χ0v) is 40.1. The maximum atomic E-state index is 13.7. The molecule has 1 fully saturated rings. The standard InChI is InChI=1S/C50H59N7O10.H2S/c1-50(2)44-38(30-56(50)49(64)51-39(31-55(3)4)32-11-6-5-7-12-32)45(54-53-44)52-46(61)35-19-17-33(18-20-35)41(59)16-10-24-66-26-28-67-27-25-65-23-9-14-34-13-8-15-37-43(34)48(63)57(47(37)62)40-22-21-36(58)29-42(40)60;/h5-8,11-13,15,17-20,39-40H,9-10,14,16,21-31H2,1-4H3,(H,51,64)(H2,52,53,54,61);1H2/t39-,40?;/m1./s1. The number of ketones is 3. The molecule has 1 aromatic heterocycles. The van der Waals surface area contributed by atoms with E-state index in [2.05, 4.69) is 20.8 Å².